The summed E-state index contributed by atoms with van der Waals surface area (Å²) >= 11 is 3.22. The third kappa shape index (κ3) is 2.80. The predicted molar refractivity (Wildman–Crippen MR) is 66.9 cm³/mol. The van der Waals surface area contributed by atoms with Crippen molar-refractivity contribution < 1.29 is 4.92 Å². The fourth-order valence-electron chi connectivity index (χ4n) is 1.29. The Morgan fingerprint density at radius 1 is 1.56 bits per heavy atom. The first-order valence-electron chi connectivity index (χ1n) is 4.94. The molecule has 2 heterocycles. The molecule has 0 spiro atoms. The molecule has 1 N–H and O–H groups in total. The number of nitrogens with one attached hydrogen (secondary N) is 1. The molecule has 18 heavy (non-hydrogen) atoms. The van der Waals surface area contributed by atoms with Gasteiger partial charge in [-0.15, -0.1) is 0 Å². The highest BCUT2D eigenvalue weighted by atomic mass is 79.9. The molecule has 2 aromatic rings. The van der Waals surface area contributed by atoms with Crippen LogP contribution in [0.4, 0.5) is 11.5 Å². The minimum atomic E-state index is -0.498. The van der Waals surface area contributed by atoms with Gasteiger partial charge in [0.25, 0.3) is 5.69 Å². The van der Waals surface area contributed by atoms with Crippen molar-refractivity contribution in [3.05, 3.63) is 39.0 Å². The van der Waals surface area contributed by atoms with Crippen LogP contribution in [0.5, 0.6) is 0 Å². The lowest BCUT2D eigenvalue weighted by atomic mass is 10.4. The first-order valence-corrected chi connectivity index (χ1v) is 5.74. The molecular weight excluding hydrogens is 304 g/mol. The maximum atomic E-state index is 10.5. The van der Waals surface area contributed by atoms with Gasteiger partial charge in [0, 0.05) is 13.1 Å². The summed E-state index contributed by atoms with van der Waals surface area (Å²) in [5, 5.41) is 17.6. The van der Waals surface area contributed by atoms with E-state index in [0.717, 1.165) is 0 Å². The van der Waals surface area contributed by atoms with Crippen LogP contribution in [-0.4, -0.2) is 24.7 Å². The van der Waals surface area contributed by atoms with Crippen molar-refractivity contribution in [2.45, 2.75) is 6.54 Å². The summed E-state index contributed by atoms with van der Waals surface area (Å²) in [4.78, 5) is 18.1. The second-order valence-electron chi connectivity index (χ2n) is 3.47. The Morgan fingerprint density at radius 2 is 2.33 bits per heavy atom. The Kier molecular flexibility index (Phi) is 3.51. The number of rotatable bonds is 4. The SMILES string of the molecule is Cn1cnc(CNc2ncc([N+](=O)[O-])cc2Br)n1. The summed E-state index contributed by atoms with van der Waals surface area (Å²) in [6.07, 6.45) is 2.79. The lowest BCUT2D eigenvalue weighted by Gasteiger charge is -2.04. The third-order valence-corrected chi connectivity index (χ3v) is 2.70. The number of hydrogen-bond donors (Lipinski definition) is 1. The van der Waals surface area contributed by atoms with Gasteiger partial charge in [-0.3, -0.25) is 14.8 Å². The number of pyridine rings is 1. The van der Waals surface area contributed by atoms with Gasteiger partial charge in [0.05, 0.1) is 15.9 Å². The van der Waals surface area contributed by atoms with Gasteiger partial charge in [-0.25, -0.2) is 9.97 Å². The quantitative estimate of drug-likeness (QED) is 0.678. The van der Waals surface area contributed by atoms with Crippen LogP contribution in [-0.2, 0) is 13.6 Å². The molecule has 0 aliphatic rings. The highest BCUT2D eigenvalue weighted by molar-refractivity contribution is 9.10. The molecule has 0 atom stereocenters. The average molecular weight is 313 g/mol. The molecule has 2 rings (SSSR count). The molecule has 0 bridgehead atoms. The molecule has 0 aliphatic heterocycles. The molecule has 94 valence electrons. The topological polar surface area (TPSA) is 98.8 Å². The minimum absolute atomic E-state index is 0.0663. The Labute approximate surface area is 110 Å². The van der Waals surface area contributed by atoms with E-state index < -0.39 is 4.92 Å². The van der Waals surface area contributed by atoms with Crippen molar-refractivity contribution in [2.24, 2.45) is 7.05 Å². The fraction of sp³-hybridized carbons (Fsp3) is 0.222. The van der Waals surface area contributed by atoms with E-state index >= 15 is 0 Å². The zero-order valence-electron chi connectivity index (χ0n) is 9.37. The molecular formula is C9H9BrN6O2. The van der Waals surface area contributed by atoms with Gasteiger partial charge in [-0.2, -0.15) is 5.10 Å². The van der Waals surface area contributed by atoms with E-state index in [1.807, 2.05) is 0 Å². The lowest BCUT2D eigenvalue weighted by molar-refractivity contribution is -0.385. The van der Waals surface area contributed by atoms with Crippen LogP contribution in [0.25, 0.3) is 0 Å². The van der Waals surface area contributed by atoms with E-state index in [2.05, 4.69) is 36.3 Å². The van der Waals surface area contributed by atoms with Crippen molar-refractivity contribution in [3.8, 4) is 0 Å². The van der Waals surface area contributed by atoms with E-state index in [1.165, 1.54) is 12.3 Å². The second-order valence-corrected chi connectivity index (χ2v) is 4.32. The second kappa shape index (κ2) is 5.08. The van der Waals surface area contributed by atoms with Gasteiger partial charge in [0.15, 0.2) is 5.82 Å². The van der Waals surface area contributed by atoms with Crippen molar-refractivity contribution in [3.63, 3.8) is 0 Å². The van der Waals surface area contributed by atoms with Gasteiger partial charge in [-0.1, -0.05) is 0 Å². The van der Waals surface area contributed by atoms with Gasteiger partial charge in [-0.05, 0) is 15.9 Å². The maximum Gasteiger partial charge on any atom is 0.288 e. The van der Waals surface area contributed by atoms with Crippen LogP contribution in [0.3, 0.4) is 0 Å². The first kappa shape index (κ1) is 12.4. The Balaban J connectivity index is 2.08. The van der Waals surface area contributed by atoms with E-state index in [-0.39, 0.29) is 5.69 Å². The Hall–Kier alpha value is -2.03. The van der Waals surface area contributed by atoms with E-state index in [9.17, 15) is 10.1 Å². The first-order chi connectivity index (χ1) is 8.56. The van der Waals surface area contributed by atoms with Crippen molar-refractivity contribution in [1.82, 2.24) is 19.7 Å². The smallest absolute Gasteiger partial charge is 0.288 e. The van der Waals surface area contributed by atoms with Gasteiger partial charge < -0.3 is 5.32 Å². The Morgan fingerprint density at radius 3 is 2.89 bits per heavy atom. The Bertz CT molecular complexity index is 584. The zero-order valence-corrected chi connectivity index (χ0v) is 11.0. The summed E-state index contributed by atoms with van der Waals surface area (Å²) < 4.78 is 2.11. The minimum Gasteiger partial charge on any atom is -0.362 e. The van der Waals surface area contributed by atoms with Gasteiger partial charge in [0.2, 0.25) is 0 Å². The van der Waals surface area contributed by atoms with Crippen LogP contribution < -0.4 is 5.32 Å². The van der Waals surface area contributed by atoms with E-state index in [1.54, 1.807) is 18.1 Å². The molecule has 9 heteroatoms. The lowest BCUT2D eigenvalue weighted by Crippen LogP contribution is -2.04. The molecule has 0 aliphatic carbocycles. The molecule has 0 amide bonds. The predicted octanol–water partition coefficient (Wildman–Crippen LogP) is 1.49. The van der Waals surface area contributed by atoms with E-state index in [0.29, 0.717) is 22.7 Å². The van der Waals surface area contributed by atoms with Gasteiger partial charge >= 0.3 is 0 Å². The number of aryl methyl sites for hydroxylation is 1. The highest BCUT2D eigenvalue weighted by Gasteiger charge is 2.10. The maximum absolute atomic E-state index is 10.5. The van der Waals surface area contributed by atoms with Crippen molar-refractivity contribution >= 4 is 27.4 Å². The van der Waals surface area contributed by atoms with Crippen molar-refractivity contribution in [1.29, 1.82) is 0 Å². The number of nitrogens with zero attached hydrogens (tertiary/aromatic N) is 5. The third-order valence-electron chi connectivity index (χ3n) is 2.10. The molecule has 0 fully saturated rings. The summed E-state index contributed by atoms with van der Waals surface area (Å²) in [5.41, 5.74) is -0.0663. The molecule has 0 saturated carbocycles. The fourth-order valence-corrected chi connectivity index (χ4v) is 1.76. The summed E-state index contributed by atoms with van der Waals surface area (Å²) in [7, 11) is 1.77. The van der Waals surface area contributed by atoms with Crippen LogP contribution >= 0.6 is 15.9 Å². The molecule has 0 aromatic carbocycles. The van der Waals surface area contributed by atoms with E-state index in [4.69, 9.17) is 0 Å². The number of aromatic nitrogens is 4. The molecule has 0 unspecified atom stereocenters. The van der Waals surface area contributed by atoms with Gasteiger partial charge in [0.1, 0.15) is 18.3 Å². The molecule has 0 saturated heterocycles. The summed E-state index contributed by atoms with van der Waals surface area (Å²) in [5.74, 6) is 1.12. The molecule has 8 nitrogen and oxygen atoms in total. The molecule has 0 radical (unpaired) electrons. The van der Waals surface area contributed by atoms with Crippen LogP contribution in [0.2, 0.25) is 0 Å². The van der Waals surface area contributed by atoms with Crippen LogP contribution in [0, 0.1) is 10.1 Å². The van der Waals surface area contributed by atoms with Crippen LogP contribution in [0.15, 0.2) is 23.1 Å². The monoisotopic (exact) mass is 312 g/mol. The number of nitro groups is 1. The highest BCUT2D eigenvalue weighted by Crippen LogP contribution is 2.24. The number of hydrogen-bond acceptors (Lipinski definition) is 6. The standard InChI is InChI=1S/C9H9BrN6O2/c1-15-5-13-8(14-15)4-12-9-7(10)2-6(3-11-9)16(17)18/h2-3,5H,4H2,1H3,(H,11,12). The average Bonchev–Trinajstić information content (AvgIpc) is 2.73. The molecule has 2 aromatic heterocycles. The van der Waals surface area contributed by atoms with Crippen LogP contribution in [0.1, 0.15) is 5.82 Å². The largest absolute Gasteiger partial charge is 0.362 e. The summed E-state index contributed by atoms with van der Waals surface area (Å²) in [6.45, 7) is 0.393. The normalized spacial score (nSPS) is 10.3. The zero-order chi connectivity index (χ0) is 13.1. The van der Waals surface area contributed by atoms with Crippen molar-refractivity contribution in [2.75, 3.05) is 5.32 Å². The number of anilines is 1. The summed E-state index contributed by atoms with van der Waals surface area (Å²) in [6, 6.07) is 1.39. The number of halogens is 1.